The van der Waals surface area contributed by atoms with Gasteiger partial charge in [-0.1, -0.05) is 6.07 Å². The Morgan fingerprint density at radius 2 is 1.74 bits per heavy atom. The highest BCUT2D eigenvalue weighted by atomic mass is 32.2. The van der Waals surface area contributed by atoms with Gasteiger partial charge < -0.3 is 10.1 Å². The number of sulfonamides is 1. The minimum absolute atomic E-state index is 0.100. The zero-order valence-electron chi connectivity index (χ0n) is 17.2. The summed E-state index contributed by atoms with van der Waals surface area (Å²) in [5, 5.41) is 4.62. The Hall–Kier alpha value is -3.40. The summed E-state index contributed by atoms with van der Waals surface area (Å²) in [5.74, 6) is -1.45. The van der Waals surface area contributed by atoms with Gasteiger partial charge in [-0.2, -0.15) is 0 Å². The molecule has 2 aromatic carbocycles. The van der Waals surface area contributed by atoms with Crippen molar-refractivity contribution in [1.82, 2.24) is 5.32 Å². The van der Waals surface area contributed by atoms with Gasteiger partial charge in [0.25, 0.3) is 5.91 Å². The minimum atomic E-state index is -3.31. The molecule has 2 N–H and O–H groups in total. The Labute approximate surface area is 180 Å². The Balaban J connectivity index is 1.49. The van der Waals surface area contributed by atoms with Crippen LogP contribution in [0.25, 0.3) is 0 Å². The van der Waals surface area contributed by atoms with E-state index in [0.717, 1.165) is 11.1 Å². The Kier molecular flexibility index (Phi) is 6.59. The van der Waals surface area contributed by atoms with Gasteiger partial charge in [-0.3, -0.25) is 14.4 Å². The maximum absolute atomic E-state index is 12.1. The van der Waals surface area contributed by atoms with Gasteiger partial charge in [0.05, 0.1) is 17.0 Å². The van der Waals surface area contributed by atoms with Gasteiger partial charge in [-0.25, -0.2) is 18.0 Å². The largest absolute Gasteiger partial charge is 0.452 e. The second-order valence-corrected chi connectivity index (χ2v) is 9.18. The number of carbonyl (C=O) groups excluding carboxylic acids is 3. The number of aryl methyl sites for hydroxylation is 2. The third kappa shape index (κ3) is 5.60. The summed E-state index contributed by atoms with van der Waals surface area (Å²) in [7, 11) is -3.31. The van der Waals surface area contributed by atoms with Crippen molar-refractivity contribution in [3.8, 4) is 0 Å². The van der Waals surface area contributed by atoms with E-state index in [4.69, 9.17) is 4.74 Å². The number of benzene rings is 2. The molecular formula is C21H23N3O6S. The van der Waals surface area contributed by atoms with Crippen LogP contribution in [0.2, 0.25) is 0 Å². The number of ether oxygens (including phenoxy) is 1. The molecule has 0 aromatic heterocycles. The summed E-state index contributed by atoms with van der Waals surface area (Å²) < 4.78 is 30.1. The van der Waals surface area contributed by atoms with E-state index in [1.807, 2.05) is 19.9 Å². The topological polar surface area (TPSA) is 122 Å². The van der Waals surface area contributed by atoms with Crippen LogP contribution in [0.5, 0.6) is 0 Å². The number of rotatable bonds is 5. The van der Waals surface area contributed by atoms with Crippen molar-refractivity contribution in [2.24, 2.45) is 0 Å². The van der Waals surface area contributed by atoms with E-state index in [-0.39, 0.29) is 11.3 Å². The average molecular weight is 445 g/mol. The van der Waals surface area contributed by atoms with Crippen molar-refractivity contribution < 1.29 is 27.5 Å². The number of hydrogen-bond acceptors (Lipinski definition) is 6. The molecule has 2 aromatic rings. The van der Waals surface area contributed by atoms with Crippen molar-refractivity contribution in [2.45, 2.75) is 20.3 Å². The van der Waals surface area contributed by atoms with Crippen LogP contribution in [0.1, 0.15) is 27.9 Å². The molecule has 1 saturated heterocycles. The van der Waals surface area contributed by atoms with E-state index in [9.17, 15) is 22.8 Å². The fraction of sp³-hybridized carbons (Fsp3) is 0.286. The molecule has 0 saturated carbocycles. The first kappa shape index (κ1) is 22.3. The molecule has 3 rings (SSSR count). The Morgan fingerprint density at radius 3 is 2.35 bits per heavy atom. The summed E-state index contributed by atoms with van der Waals surface area (Å²) in [4.78, 5) is 35.9. The van der Waals surface area contributed by atoms with E-state index in [2.05, 4.69) is 10.6 Å². The molecule has 1 heterocycles. The number of carbonyl (C=O) groups is 3. The zero-order valence-corrected chi connectivity index (χ0v) is 18.0. The van der Waals surface area contributed by atoms with Gasteiger partial charge in [-0.15, -0.1) is 0 Å². The van der Waals surface area contributed by atoms with Crippen LogP contribution in [0.4, 0.5) is 16.2 Å². The van der Waals surface area contributed by atoms with Gasteiger partial charge in [0.1, 0.15) is 0 Å². The van der Waals surface area contributed by atoms with Gasteiger partial charge in [0, 0.05) is 12.2 Å². The molecule has 0 unspecified atom stereocenters. The van der Waals surface area contributed by atoms with Crippen LogP contribution < -0.4 is 14.9 Å². The molecule has 0 atom stereocenters. The summed E-state index contributed by atoms with van der Waals surface area (Å²) in [6.07, 6.45) is 0.554. The fourth-order valence-corrected chi connectivity index (χ4v) is 4.62. The van der Waals surface area contributed by atoms with Crippen LogP contribution >= 0.6 is 0 Å². The highest BCUT2D eigenvalue weighted by Crippen LogP contribution is 2.24. The number of nitrogens with zero attached hydrogens (tertiary/aromatic N) is 1. The fourth-order valence-electron chi connectivity index (χ4n) is 3.05. The smallest absolute Gasteiger partial charge is 0.338 e. The standard InChI is InChI=1S/C21H23N3O6S/c1-14-4-7-17(12-15(14)2)22-21(27)23-19(25)13-30-20(26)16-5-8-18(9-6-16)24-10-3-11-31(24,28)29/h4-9,12H,3,10-11,13H2,1-2H3,(H2,22,23,25,27). The number of imide groups is 1. The maximum Gasteiger partial charge on any atom is 0.338 e. The lowest BCUT2D eigenvalue weighted by molar-refractivity contribution is -0.123. The van der Waals surface area contributed by atoms with Crippen LogP contribution in [-0.2, 0) is 19.6 Å². The van der Waals surface area contributed by atoms with Crippen LogP contribution in [0.3, 0.4) is 0 Å². The van der Waals surface area contributed by atoms with E-state index >= 15 is 0 Å². The molecule has 1 aliphatic rings. The number of nitrogens with one attached hydrogen (secondary N) is 2. The van der Waals surface area contributed by atoms with Crippen molar-refractivity contribution in [2.75, 3.05) is 28.5 Å². The first-order valence-electron chi connectivity index (χ1n) is 9.61. The number of esters is 1. The van der Waals surface area contributed by atoms with Gasteiger partial charge in [-0.05, 0) is 67.8 Å². The lowest BCUT2D eigenvalue weighted by Crippen LogP contribution is -2.37. The summed E-state index contributed by atoms with van der Waals surface area (Å²) in [6.45, 7) is 3.61. The molecule has 9 nitrogen and oxygen atoms in total. The van der Waals surface area contributed by atoms with Crippen molar-refractivity contribution in [3.63, 3.8) is 0 Å². The molecule has 0 aliphatic carbocycles. The molecule has 0 spiro atoms. The average Bonchev–Trinajstić information content (AvgIpc) is 3.08. The summed E-state index contributed by atoms with van der Waals surface area (Å²) in [6, 6.07) is 10.5. The summed E-state index contributed by atoms with van der Waals surface area (Å²) in [5.41, 5.74) is 3.23. The van der Waals surface area contributed by atoms with Crippen molar-refractivity contribution in [3.05, 3.63) is 59.2 Å². The van der Waals surface area contributed by atoms with E-state index in [1.165, 1.54) is 28.6 Å². The van der Waals surface area contributed by atoms with Crippen molar-refractivity contribution >= 4 is 39.3 Å². The molecule has 164 valence electrons. The summed E-state index contributed by atoms with van der Waals surface area (Å²) >= 11 is 0. The first-order chi connectivity index (χ1) is 14.7. The molecule has 10 heteroatoms. The second kappa shape index (κ2) is 9.17. The number of amides is 3. The Bertz CT molecular complexity index is 1110. The molecule has 31 heavy (non-hydrogen) atoms. The molecule has 1 fully saturated rings. The van der Waals surface area contributed by atoms with E-state index in [0.29, 0.717) is 24.3 Å². The molecule has 0 radical (unpaired) electrons. The normalized spacial score (nSPS) is 14.7. The second-order valence-electron chi connectivity index (χ2n) is 7.17. The SMILES string of the molecule is Cc1ccc(NC(=O)NC(=O)COC(=O)c2ccc(N3CCCS3(=O)=O)cc2)cc1C. The number of hydrogen-bond donors (Lipinski definition) is 2. The predicted octanol–water partition coefficient (Wildman–Crippen LogP) is 2.35. The highest BCUT2D eigenvalue weighted by molar-refractivity contribution is 7.93. The lowest BCUT2D eigenvalue weighted by atomic mass is 10.1. The van der Waals surface area contributed by atoms with Gasteiger partial charge >= 0.3 is 12.0 Å². The maximum atomic E-state index is 12.1. The predicted molar refractivity (Wildman–Crippen MR) is 116 cm³/mol. The van der Waals surface area contributed by atoms with Crippen LogP contribution in [-0.4, -0.2) is 45.2 Å². The quantitative estimate of drug-likeness (QED) is 0.682. The van der Waals surface area contributed by atoms with Crippen molar-refractivity contribution in [1.29, 1.82) is 0 Å². The van der Waals surface area contributed by atoms with Crippen LogP contribution in [0.15, 0.2) is 42.5 Å². The van der Waals surface area contributed by atoms with Gasteiger partial charge in [0.15, 0.2) is 6.61 Å². The van der Waals surface area contributed by atoms with Gasteiger partial charge in [0.2, 0.25) is 10.0 Å². The molecule has 1 aliphatic heterocycles. The monoisotopic (exact) mass is 445 g/mol. The van der Waals surface area contributed by atoms with E-state index < -0.39 is 34.5 Å². The first-order valence-corrected chi connectivity index (χ1v) is 11.2. The molecule has 3 amide bonds. The minimum Gasteiger partial charge on any atom is -0.452 e. The number of anilines is 2. The highest BCUT2D eigenvalue weighted by Gasteiger charge is 2.28. The molecule has 0 bridgehead atoms. The molecular weight excluding hydrogens is 422 g/mol. The third-order valence-electron chi connectivity index (χ3n) is 4.84. The zero-order chi connectivity index (χ0) is 22.6. The van der Waals surface area contributed by atoms with E-state index in [1.54, 1.807) is 12.1 Å². The third-order valence-corrected chi connectivity index (χ3v) is 6.71. The van der Waals surface area contributed by atoms with Crippen LogP contribution in [0, 0.1) is 13.8 Å². The Morgan fingerprint density at radius 1 is 1.03 bits per heavy atom. The number of urea groups is 1. The lowest BCUT2D eigenvalue weighted by Gasteiger charge is -2.16.